The summed E-state index contributed by atoms with van der Waals surface area (Å²) in [5.74, 6) is 0.748. The first-order chi connectivity index (χ1) is 10.2. The van der Waals surface area contributed by atoms with Crippen molar-refractivity contribution in [2.24, 2.45) is 0 Å². The summed E-state index contributed by atoms with van der Waals surface area (Å²) in [5, 5.41) is 3.45. The van der Waals surface area contributed by atoms with Gasteiger partial charge in [0.25, 0.3) is 0 Å². The highest BCUT2D eigenvalue weighted by Gasteiger charge is 2.23. The number of hydrogen-bond acceptors (Lipinski definition) is 4. The topological polar surface area (TPSA) is 41.1 Å². The third kappa shape index (κ3) is 3.58. The molecule has 0 bridgehead atoms. The van der Waals surface area contributed by atoms with Crippen molar-refractivity contribution < 1.29 is 0 Å². The van der Waals surface area contributed by atoms with Crippen molar-refractivity contribution >= 4 is 5.95 Å². The molecule has 0 aliphatic carbocycles. The Bertz CT molecular complexity index is 611. The molecule has 1 aromatic carbocycles. The summed E-state index contributed by atoms with van der Waals surface area (Å²) in [6.07, 6.45) is 2.95. The molecule has 0 radical (unpaired) electrons. The molecular formula is C17H22N4. The Labute approximate surface area is 126 Å². The average Bonchev–Trinajstić information content (AvgIpc) is 2.89. The van der Waals surface area contributed by atoms with E-state index in [1.807, 2.05) is 19.2 Å². The summed E-state index contributed by atoms with van der Waals surface area (Å²) in [7, 11) is 0. The fraction of sp³-hybridized carbons (Fsp3) is 0.412. The van der Waals surface area contributed by atoms with Crippen LogP contribution in [0.4, 0.5) is 5.95 Å². The zero-order valence-corrected chi connectivity index (χ0v) is 12.7. The van der Waals surface area contributed by atoms with E-state index < -0.39 is 0 Å². The number of rotatable bonds is 4. The molecule has 4 nitrogen and oxygen atoms in total. The Hall–Kier alpha value is -1.94. The molecule has 0 spiro atoms. The van der Waals surface area contributed by atoms with Gasteiger partial charge in [-0.25, -0.2) is 9.97 Å². The van der Waals surface area contributed by atoms with E-state index >= 15 is 0 Å². The quantitative estimate of drug-likeness (QED) is 0.936. The lowest BCUT2D eigenvalue weighted by Gasteiger charge is -2.18. The van der Waals surface area contributed by atoms with Gasteiger partial charge in [0, 0.05) is 37.6 Å². The maximum atomic E-state index is 4.42. The van der Waals surface area contributed by atoms with Gasteiger partial charge in [0.2, 0.25) is 5.95 Å². The molecule has 0 saturated carbocycles. The van der Waals surface area contributed by atoms with Crippen LogP contribution >= 0.6 is 0 Å². The van der Waals surface area contributed by atoms with Gasteiger partial charge in [0.05, 0.1) is 0 Å². The number of aromatic nitrogens is 2. The van der Waals surface area contributed by atoms with E-state index in [1.165, 1.54) is 11.1 Å². The van der Waals surface area contributed by atoms with Crippen molar-refractivity contribution in [2.45, 2.75) is 32.9 Å². The van der Waals surface area contributed by atoms with Crippen molar-refractivity contribution in [1.82, 2.24) is 14.9 Å². The van der Waals surface area contributed by atoms with Gasteiger partial charge in [0.15, 0.2) is 0 Å². The highest BCUT2D eigenvalue weighted by atomic mass is 15.2. The molecule has 0 amide bonds. The molecule has 1 saturated heterocycles. The monoisotopic (exact) mass is 282 g/mol. The van der Waals surface area contributed by atoms with Crippen LogP contribution < -0.4 is 5.32 Å². The fourth-order valence-corrected chi connectivity index (χ4v) is 2.82. The van der Waals surface area contributed by atoms with Gasteiger partial charge < -0.3 is 5.32 Å². The van der Waals surface area contributed by atoms with Crippen molar-refractivity contribution in [3.63, 3.8) is 0 Å². The van der Waals surface area contributed by atoms with Crippen molar-refractivity contribution in [3.05, 3.63) is 53.3 Å². The zero-order valence-electron chi connectivity index (χ0n) is 12.7. The second-order valence-corrected chi connectivity index (χ2v) is 5.81. The Balaban J connectivity index is 1.57. The molecule has 1 N–H and O–H groups in total. The van der Waals surface area contributed by atoms with E-state index in [-0.39, 0.29) is 0 Å². The molecule has 3 rings (SSSR count). The van der Waals surface area contributed by atoms with Gasteiger partial charge in [-0.1, -0.05) is 24.3 Å². The van der Waals surface area contributed by atoms with Crippen LogP contribution in [0.3, 0.4) is 0 Å². The van der Waals surface area contributed by atoms with Crippen LogP contribution in [0.5, 0.6) is 0 Å². The number of aryl methyl sites for hydroxylation is 2. The zero-order chi connectivity index (χ0) is 14.7. The first-order valence-corrected chi connectivity index (χ1v) is 7.54. The molecule has 110 valence electrons. The Morgan fingerprint density at radius 1 is 1.24 bits per heavy atom. The minimum Gasteiger partial charge on any atom is -0.350 e. The predicted octanol–water partition coefficient (Wildman–Crippen LogP) is 2.78. The van der Waals surface area contributed by atoms with E-state index in [4.69, 9.17) is 0 Å². The highest BCUT2D eigenvalue weighted by Crippen LogP contribution is 2.17. The largest absolute Gasteiger partial charge is 0.350 e. The van der Waals surface area contributed by atoms with Crippen molar-refractivity contribution in [1.29, 1.82) is 0 Å². The van der Waals surface area contributed by atoms with Gasteiger partial charge in [0.1, 0.15) is 0 Å². The second kappa shape index (κ2) is 6.22. The van der Waals surface area contributed by atoms with Crippen LogP contribution in [0.15, 0.2) is 36.5 Å². The van der Waals surface area contributed by atoms with Gasteiger partial charge in [-0.05, 0) is 37.5 Å². The molecule has 1 atom stereocenters. The Kier molecular flexibility index (Phi) is 4.15. The number of likely N-dealkylation sites (tertiary alicyclic amines) is 1. The van der Waals surface area contributed by atoms with E-state index in [0.29, 0.717) is 6.04 Å². The third-order valence-corrected chi connectivity index (χ3v) is 4.06. The van der Waals surface area contributed by atoms with E-state index in [0.717, 1.165) is 37.7 Å². The summed E-state index contributed by atoms with van der Waals surface area (Å²) in [5.41, 5.74) is 3.79. The normalized spacial score (nSPS) is 18.9. The minimum absolute atomic E-state index is 0.441. The van der Waals surface area contributed by atoms with Crippen LogP contribution in [-0.2, 0) is 6.54 Å². The smallest absolute Gasteiger partial charge is 0.223 e. The second-order valence-electron chi connectivity index (χ2n) is 5.81. The lowest BCUT2D eigenvalue weighted by atomic mass is 10.1. The van der Waals surface area contributed by atoms with E-state index in [9.17, 15) is 0 Å². The van der Waals surface area contributed by atoms with Crippen molar-refractivity contribution in [2.75, 3.05) is 18.4 Å². The number of anilines is 1. The number of nitrogens with zero attached hydrogens (tertiary/aromatic N) is 3. The highest BCUT2D eigenvalue weighted by molar-refractivity contribution is 5.28. The standard InChI is InChI=1S/C17H22N4/c1-13-5-3-4-6-15(13)11-21-10-8-16(12-21)20-17-18-9-7-14(2)19-17/h3-7,9,16H,8,10-12H2,1-2H3,(H,18,19,20). The fourth-order valence-electron chi connectivity index (χ4n) is 2.82. The molecule has 1 unspecified atom stereocenters. The molecule has 1 aliphatic rings. The molecule has 2 heterocycles. The summed E-state index contributed by atoms with van der Waals surface area (Å²) in [4.78, 5) is 11.2. The maximum Gasteiger partial charge on any atom is 0.223 e. The first-order valence-electron chi connectivity index (χ1n) is 7.54. The number of benzene rings is 1. The Morgan fingerprint density at radius 2 is 2.10 bits per heavy atom. The van der Waals surface area contributed by atoms with Gasteiger partial charge in [-0.2, -0.15) is 0 Å². The number of hydrogen-bond donors (Lipinski definition) is 1. The minimum atomic E-state index is 0.441. The Morgan fingerprint density at radius 3 is 2.90 bits per heavy atom. The predicted molar refractivity (Wildman–Crippen MR) is 85.3 cm³/mol. The third-order valence-electron chi connectivity index (χ3n) is 4.06. The summed E-state index contributed by atoms with van der Waals surface area (Å²) >= 11 is 0. The van der Waals surface area contributed by atoms with Crippen LogP contribution in [0.25, 0.3) is 0 Å². The SMILES string of the molecule is Cc1ccnc(NC2CCN(Cc3ccccc3C)C2)n1. The van der Waals surface area contributed by atoms with Crippen LogP contribution in [-0.4, -0.2) is 34.0 Å². The van der Waals surface area contributed by atoms with Gasteiger partial charge in [-0.15, -0.1) is 0 Å². The van der Waals surface area contributed by atoms with Gasteiger partial charge >= 0.3 is 0 Å². The molecule has 1 fully saturated rings. The first kappa shape index (κ1) is 14.0. The molecule has 1 aliphatic heterocycles. The van der Waals surface area contributed by atoms with Crippen LogP contribution in [0.1, 0.15) is 23.2 Å². The molecular weight excluding hydrogens is 260 g/mol. The lowest BCUT2D eigenvalue weighted by molar-refractivity contribution is 0.328. The molecule has 21 heavy (non-hydrogen) atoms. The summed E-state index contributed by atoms with van der Waals surface area (Å²) in [6, 6.07) is 11.0. The van der Waals surface area contributed by atoms with Crippen LogP contribution in [0.2, 0.25) is 0 Å². The van der Waals surface area contributed by atoms with Crippen molar-refractivity contribution in [3.8, 4) is 0 Å². The summed E-state index contributed by atoms with van der Waals surface area (Å²) in [6.45, 7) is 7.37. The van der Waals surface area contributed by atoms with Gasteiger partial charge in [-0.3, -0.25) is 4.90 Å². The van der Waals surface area contributed by atoms with Crippen LogP contribution in [0, 0.1) is 13.8 Å². The molecule has 1 aromatic heterocycles. The number of nitrogens with one attached hydrogen (secondary N) is 1. The molecule has 4 heteroatoms. The van der Waals surface area contributed by atoms with E-state index in [1.54, 1.807) is 0 Å². The maximum absolute atomic E-state index is 4.42. The lowest BCUT2D eigenvalue weighted by Crippen LogP contribution is -2.26. The summed E-state index contributed by atoms with van der Waals surface area (Å²) < 4.78 is 0. The van der Waals surface area contributed by atoms with E-state index in [2.05, 4.69) is 51.4 Å². The average molecular weight is 282 g/mol. The molecule has 2 aromatic rings.